The van der Waals surface area contributed by atoms with Gasteiger partial charge in [0, 0.05) is 78.2 Å². The summed E-state index contributed by atoms with van der Waals surface area (Å²) in [4.78, 5) is 26.1. The third-order valence-electron chi connectivity index (χ3n) is 10.6. The van der Waals surface area contributed by atoms with Crippen molar-refractivity contribution in [2.45, 2.75) is 0 Å². The molecule has 0 saturated heterocycles. The molecule has 0 bridgehead atoms. The lowest BCUT2D eigenvalue weighted by Crippen LogP contribution is -2.00. The molecule has 0 aliphatic carbocycles. The Bertz CT molecular complexity index is 3530. The molecule has 8 heteroatoms. The summed E-state index contributed by atoms with van der Waals surface area (Å²) in [5.74, 6) is 2.67. The lowest BCUT2D eigenvalue weighted by molar-refractivity contribution is 1.08. The third-order valence-corrected chi connectivity index (χ3v) is 14.1. The smallest absolute Gasteiger partial charge is 0.164 e. The molecule has 0 saturated carbocycles. The Morgan fingerprint density at radius 2 is 0.895 bits per heavy atom. The van der Waals surface area contributed by atoms with E-state index in [4.69, 9.17) is 24.9 Å². The van der Waals surface area contributed by atoms with E-state index in [1.165, 1.54) is 29.6 Å². The fourth-order valence-electron chi connectivity index (χ4n) is 7.92. The molecule has 0 spiro atoms. The van der Waals surface area contributed by atoms with E-state index in [-0.39, 0.29) is 0 Å². The Labute approximate surface area is 338 Å². The van der Waals surface area contributed by atoms with Crippen molar-refractivity contribution in [2.24, 2.45) is 0 Å². The first-order valence-electron chi connectivity index (χ1n) is 18.7. The molecule has 0 amide bonds. The van der Waals surface area contributed by atoms with E-state index >= 15 is 0 Å². The summed E-state index contributed by atoms with van der Waals surface area (Å²) in [6.07, 6.45) is 0. The first-order valence-corrected chi connectivity index (χ1v) is 21.1. The van der Waals surface area contributed by atoms with Gasteiger partial charge in [-0.1, -0.05) is 121 Å². The van der Waals surface area contributed by atoms with Gasteiger partial charge >= 0.3 is 0 Å². The third kappa shape index (κ3) is 5.29. The van der Waals surface area contributed by atoms with Crippen molar-refractivity contribution in [3.05, 3.63) is 164 Å². The predicted octanol–water partition coefficient (Wildman–Crippen LogP) is 14.1. The Balaban J connectivity index is 1.05. The zero-order valence-electron chi connectivity index (χ0n) is 30.0. The maximum absolute atomic E-state index is 5.32. The van der Waals surface area contributed by atoms with Crippen LogP contribution in [0.4, 0.5) is 0 Å². The van der Waals surface area contributed by atoms with Crippen LogP contribution >= 0.6 is 34.0 Å². The second-order valence-corrected chi connectivity index (χ2v) is 17.2. The monoisotopic (exact) mass is 781 g/mol. The van der Waals surface area contributed by atoms with Crippen molar-refractivity contribution in [3.8, 4) is 56.8 Å². The van der Waals surface area contributed by atoms with Gasteiger partial charge in [0.25, 0.3) is 0 Å². The van der Waals surface area contributed by atoms with Crippen LogP contribution in [0.2, 0.25) is 0 Å². The molecule has 0 aliphatic heterocycles. The van der Waals surface area contributed by atoms with Crippen LogP contribution in [-0.4, -0.2) is 24.9 Å². The molecule has 0 atom stereocenters. The average Bonchev–Trinajstić information content (AvgIpc) is 3.98. The van der Waals surface area contributed by atoms with Crippen molar-refractivity contribution < 1.29 is 0 Å². The van der Waals surface area contributed by atoms with Gasteiger partial charge in [-0.25, -0.2) is 24.9 Å². The van der Waals surface area contributed by atoms with E-state index < -0.39 is 0 Å². The maximum Gasteiger partial charge on any atom is 0.164 e. The summed E-state index contributed by atoms with van der Waals surface area (Å²) in [5.41, 5.74) is 6.94. The Morgan fingerprint density at radius 1 is 0.316 bits per heavy atom. The van der Waals surface area contributed by atoms with E-state index in [1.807, 2.05) is 24.3 Å². The molecule has 0 aliphatic rings. The number of benzene rings is 7. The van der Waals surface area contributed by atoms with E-state index in [0.29, 0.717) is 17.5 Å². The molecule has 0 unspecified atom stereocenters. The number of hydrogen-bond acceptors (Lipinski definition) is 8. The molecule has 5 heterocycles. The van der Waals surface area contributed by atoms with E-state index in [9.17, 15) is 0 Å². The summed E-state index contributed by atoms with van der Waals surface area (Å²) in [5, 5.41) is 5.84. The Kier molecular flexibility index (Phi) is 7.38. The van der Waals surface area contributed by atoms with Crippen LogP contribution in [-0.2, 0) is 0 Å². The Morgan fingerprint density at radius 3 is 1.72 bits per heavy atom. The van der Waals surface area contributed by atoms with E-state index in [0.717, 1.165) is 70.4 Å². The van der Waals surface area contributed by atoms with Gasteiger partial charge in [0.15, 0.2) is 23.3 Å². The van der Waals surface area contributed by atoms with Gasteiger partial charge < -0.3 is 0 Å². The maximum atomic E-state index is 5.32. The number of rotatable bonds is 5. The normalized spacial score (nSPS) is 11.9. The van der Waals surface area contributed by atoms with Crippen LogP contribution in [0.3, 0.4) is 0 Å². The van der Waals surface area contributed by atoms with Gasteiger partial charge in [-0.15, -0.1) is 34.0 Å². The highest BCUT2D eigenvalue weighted by Crippen LogP contribution is 2.44. The molecule has 12 aromatic rings. The van der Waals surface area contributed by atoms with Crippen molar-refractivity contribution in [1.29, 1.82) is 0 Å². The highest BCUT2D eigenvalue weighted by atomic mass is 32.1. The lowest BCUT2D eigenvalue weighted by atomic mass is 10.0. The largest absolute Gasteiger partial charge is 0.226 e. The van der Waals surface area contributed by atoms with Crippen molar-refractivity contribution in [3.63, 3.8) is 0 Å². The minimum atomic E-state index is 0.637. The SMILES string of the molecule is c1ccc(-c2nc(-c3ccc4sc5c(-c6nc(-c7ccccc7)c7sc8ccccc8c7n6)cccc5c4c3)nc(-c3cccc4sc5ccccc5c34)n2)cc1. The zero-order valence-corrected chi connectivity index (χ0v) is 32.5. The topological polar surface area (TPSA) is 64.5 Å². The molecule has 0 radical (unpaired) electrons. The first-order chi connectivity index (χ1) is 28.2. The number of fused-ring (bicyclic) bond motifs is 9. The van der Waals surface area contributed by atoms with Crippen molar-refractivity contribution in [1.82, 2.24) is 24.9 Å². The number of thiophene rings is 3. The fraction of sp³-hybridized carbons (Fsp3) is 0. The van der Waals surface area contributed by atoms with Gasteiger partial charge in [0.05, 0.1) is 15.9 Å². The molecule has 12 rings (SSSR count). The fourth-order valence-corrected chi connectivity index (χ4v) is 11.4. The molecule has 57 heavy (non-hydrogen) atoms. The molecule has 5 aromatic heterocycles. The second-order valence-electron chi connectivity index (χ2n) is 14.0. The lowest BCUT2D eigenvalue weighted by Gasteiger charge is -2.10. The molecular weight excluding hydrogens is 755 g/mol. The van der Waals surface area contributed by atoms with Crippen LogP contribution in [0.15, 0.2) is 164 Å². The standard InChI is InChI=1S/C49H27N5S3/c1-3-13-28(14-4-1)42-45-43(33-18-8-10-23-38(33)57-45)51-49(50-42)35-21-11-19-31-36-27-30(25-26-39(36)56-44(31)35)47-52-46(29-15-5-2-6-16-29)53-48(54-47)34-20-12-24-40-41(34)32-17-7-9-22-37(32)55-40/h1-27H. The number of hydrogen-bond donors (Lipinski definition) is 0. The number of aromatic nitrogens is 5. The summed E-state index contributed by atoms with van der Waals surface area (Å²) in [6, 6.07) is 57.2. The molecule has 5 nitrogen and oxygen atoms in total. The Hall–Kier alpha value is -6.71. The zero-order chi connectivity index (χ0) is 37.5. The van der Waals surface area contributed by atoms with Crippen LogP contribution in [0, 0.1) is 0 Å². The molecule has 266 valence electrons. The molecule has 0 fully saturated rings. The van der Waals surface area contributed by atoms with Gasteiger partial charge in [-0.3, -0.25) is 0 Å². The van der Waals surface area contributed by atoms with Crippen LogP contribution in [0.25, 0.3) is 117 Å². The predicted molar refractivity (Wildman–Crippen MR) is 241 cm³/mol. The van der Waals surface area contributed by atoms with Gasteiger partial charge in [0.1, 0.15) is 0 Å². The van der Waals surface area contributed by atoms with E-state index in [2.05, 4.69) is 140 Å². The summed E-state index contributed by atoms with van der Waals surface area (Å²) in [6.45, 7) is 0. The average molecular weight is 782 g/mol. The van der Waals surface area contributed by atoms with Crippen LogP contribution < -0.4 is 0 Å². The molecular formula is C49H27N5S3. The molecule has 0 N–H and O–H groups in total. The highest BCUT2D eigenvalue weighted by Gasteiger charge is 2.21. The molecule has 7 aromatic carbocycles. The first kappa shape index (κ1) is 32.5. The van der Waals surface area contributed by atoms with Gasteiger partial charge in [-0.05, 0) is 42.5 Å². The highest BCUT2D eigenvalue weighted by molar-refractivity contribution is 7.27. The van der Waals surface area contributed by atoms with E-state index in [1.54, 1.807) is 34.0 Å². The van der Waals surface area contributed by atoms with Crippen LogP contribution in [0.1, 0.15) is 0 Å². The minimum absolute atomic E-state index is 0.637. The van der Waals surface area contributed by atoms with Crippen molar-refractivity contribution in [2.75, 3.05) is 0 Å². The minimum Gasteiger partial charge on any atom is -0.226 e. The van der Waals surface area contributed by atoms with Gasteiger partial charge in [0.2, 0.25) is 0 Å². The number of nitrogens with zero attached hydrogens (tertiary/aromatic N) is 5. The van der Waals surface area contributed by atoms with Gasteiger partial charge in [-0.2, -0.15) is 0 Å². The van der Waals surface area contributed by atoms with Crippen LogP contribution in [0.5, 0.6) is 0 Å². The summed E-state index contributed by atoms with van der Waals surface area (Å²) >= 11 is 5.33. The summed E-state index contributed by atoms with van der Waals surface area (Å²) < 4.78 is 7.11. The quantitative estimate of drug-likeness (QED) is 0.174. The second kappa shape index (κ2) is 12.9. The summed E-state index contributed by atoms with van der Waals surface area (Å²) in [7, 11) is 0. The van der Waals surface area contributed by atoms with Crippen molar-refractivity contribution >= 4 is 94.7 Å².